The lowest BCUT2D eigenvalue weighted by molar-refractivity contribution is -0.145. The zero-order chi connectivity index (χ0) is 27.3. The quantitative estimate of drug-likeness (QED) is 0.508. The van der Waals surface area contributed by atoms with Crippen molar-refractivity contribution in [3.63, 3.8) is 0 Å². The van der Waals surface area contributed by atoms with Crippen molar-refractivity contribution in [3.05, 3.63) is 42.0 Å². The Morgan fingerprint density at radius 3 is 2.36 bits per heavy atom. The number of hydrogen-bond donors (Lipinski definition) is 2. The van der Waals surface area contributed by atoms with Gasteiger partial charge in [-0.15, -0.1) is 0 Å². The molecule has 2 saturated heterocycles. The molecule has 1 aromatic carbocycles. The molecule has 1 spiro atoms. The lowest BCUT2D eigenvalue weighted by atomic mass is 9.74. The third kappa shape index (κ3) is 4.51. The van der Waals surface area contributed by atoms with Gasteiger partial charge in [0.25, 0.3) is 0 Å². The molecule has 2 aliphatic carbocycles. The summed E-state index contributed by atoms with van der Waals surface area (Å²) < 4.78 is 6.55. The Kier molecular flexibility index (Phi) is 7.07. The summed E-state index contributed by atoms with van der Waals surface area (Å²) in [5, 5.41) is 6.39. The molecule has 0 aromatic heterocycles. The van der Waals surface area contributed by atoms with Crippen molar-refractivity contribution in [2.24, 2.45) is 17.8 Å². The minimum Gasteiger partial charge on any atom is -0.359 e. The number of fused-ring (bicyclic) bond motifs is 1. The summed E-state index contributed by atoms with van der Waals surface area (Å²) in [6.45, 7) is 6.48. The molecule has 210 valence electrons. The average molecular weight is 534 g/mol. The van der Waals surface area contributed by atoms with Crippen LogP contribution in [0.3, 0.4) is 0 Å². The molecule has 2 N–H and O–H groups in total. The van der Waals surface area contributed by atoms with E-state index in [2.05, 4.69) is 31.4 Å². The number of amides is 3. The first-order chi connectivity index (χ1) is 18.8. The maximum absolute atomic E-state index is 14.3. The molecule has 0 radical (unpaired) electrons. The van der Waals surface area contributed by atoms with Crippen LogP contribution in [0.2, 0.25) is 0 Å². The second-order valence-corrected chi connectivity index (χ2v) is 12.9. The first-order valence-corrected chi connectivity index (χ1v) is 15.2. The zero-order valence-electron chi connectivity index (χ0n) is 23.5. The normalized spacial score (nSPS) is 35.9. The molecule has 2 bridgehead atoms. The largest absolute Gasteiger partial charge is 0.359 e. The van der Waals surface area contributed by atoms with Crippen molar-refractivity contribution in [2.45, 2.75) is 114 Å². The summed E-state index contributed by atoms with van der Waals surface area (Å²) in [4.78, 5) is 44.0. The highest BCUT2D eigenvalue weighted by molar-refractivity contribution is 6.03. The van der Waals surface area contributed by atoms with E-state index in [1.54, 1.807) is 0 Å². The number of rotatable bonds is 6. The standard InChI is InChI=1S/C32H43N3O4/c1-19(2)21-13-15-22(16-14-21)33-29(36)26-25-17-18-32(39-25)27(26)31(38)35(23-10-5-4-6-11-23)28(32)30(37)34-24-12-8-7-9-20(24)3/h13-20,23-28H,4-12H2,1-3H3,(H,33,36)(H,34,37)/t20-,24+,25+,26-,27+,28+,32+/m1/s1. The minimum absolute atomic E-state index is 0.00842. The fourth-order valence-corrected chi connectivity index (χ4v) is 7.93. The van der Waals surface area contributed by atoms with Gasteiger partial charge in [0.05, 0.1) is 17.9 Å². The zero-order valence-corrected chi connectivity index (χ0v) is 23.5. The number of hydrogen-bond acceptors (Lipinski definition) is 4. The molecule has 3 heterocycles. The Labute approximate surface area is 232 Å². The topological polar surface area (TPSA) is 87.7 Å². The van der Waals surface area contributed by atoms with E-state index >= 15 is 0 Å². The van der Waals surface area contributed by atoms with Gasteiger partial charge >= 0.3 is 0 Å². The number of ether oxygens (including phenoxy) is 1. The molecule has 0 unspecified atom stereocenters. The highest BCUT2D eigenvalue weighted by atomic mass is 16.5. The first-order valence-electron chi connectivity index (χ1n) is 15.2. The van der Waals surface area contributed by atoms with E-state index in [-0.39, 0.29) is 29.8 Å². The molecule has 3 amide bonds. The van der Waals surface area contributed by atoms with Crippen LogP contribution >= 0.6 is 0 Å². The van der Waals surface area contributed by atoms with Gasteiger partial charge < -0.3 is 20.3 Å². The third-order valence-electron chi connectivity index (χ3n) is 10.1. The van der Waals surface area contributed by atoms with E-state index in [1.807, 2.05) is 41.3 Å². The highest BCUT2D eigenvalue weighted by Gasteiger charge is 2.73. The monoisotopic (exact) mass is 533 g/mol. The van der Waals surface area contributed by atoms with Crippen LogP contribution in [0.4, 0.5) is 5.69 Å². The Bertz CT molecular complexity index is 1140. The number of nitrogens with one attached hydrogen (secondary N) is 2. The highest BCUT2D eigenvalue weighted by Crippen LogP contribution is 2.56. The van der Waals surface area contributed by atoms with Crippen molar-refractivity contribution in [3.8, 4) is 0 Å². The first kappa shape index (κ1) is 26.5. The van der Waals surface area contributed by atoms with Crippen LogP contribution < -0.4 is 10.6 Å². The number of carbonyl (C=O) groups is 3. The summed E-state index contributed by atoms with van der Waals surface area (Å²) >= 11 is 0. The fourth-order valence-electron chi connectivity index (χ4n) is 7.93. The molecule has 5 aliphatic rings. The van der Waals surface area contributed by atoms with Crippen LogP contribution in [0.1, 0.15) is 90.0 Å². The number of likely N-dealkylation sites (tertiary alicyclic amines) is 1. The van der Waals surface area contributed by atoms with Crippen LogP contribution in [-0.4, -0.2) is 52.5 Å². The number of benzene rings is 1. The maximum atomic E-state index is 14.3. The predicted molar refractivity (Wildman–Crippen MR) is 150 cm³/mol. The van der Waals surface area contributed by atoms with Crippen molar-refractivity contribution in [2.75, 3.05) is 5.32 Å². The van der Waals surface area contributed by atoms with Crippen LogP contribution in [-0.2, 0) is 19.1 Å². The van der Waals surface area contributed by atoms with E-state index in [0.717, 1.165) is 51.4 Å². The molecular weight excluding hydrogens is 490 g/mol. The molecular formula is C32H43N3O4. The van der Waals surface area contributed by atoms with Gasteiger partial charge in [-0.2, -0.15) is 0 Å². The van der Waals surface area contributed by atoms with Gasteiger partial charge in [-0.1, -0.05) is 77.2 Å². The van der Waals surface area contributed by atoms with Gasteiger partial charge in [-0.3, -0.25) is 14.4 Å². The van der Waals surface area contributed by atoms with E-state index in [0.29, 0.717) is 17.5 Å². The van der Waals surface area contributed by atoms with E-state index in [4.69, 9.17) is 4.74 Å². The summed E-state index contributed by atoms with van der Waals surface area (Å²) in [5.74, 6) is -0.971. The van der Waals surface area contributed by atoms with Crippen molar-refractivity contribution in [1.82, 2.24) is 10.2 Å². The third-order valence-corrected chi connectivity index (χ3v) is 10.1. The number of carbonyl (C=O) groups excluding carboxylic acids is 3. The van der Waals surface area contributed by atoms with Crippen LogP contribution in [0.5, 0.6) is 0 Å². The smallest absolute Gasteiger partial charge is 0.246 e. The molecule has 4 fully saturated rings. The van der Waals surface area contributed by atoms with Crippen LogP contribution in [0, 0.1) is 17.8 Å². The SMILES string of the molecule is CC(C)c1ccc(NC(=O)[C@@H]2[C@@H]3C=C[C@]4(O3)[C@@H]2C(=O)N(C2CCCCC2)[C@H]4C(=O)N[C@H]2CCCC[C@H]2C)cc1. The van der Waals surface area contributed by atoms with Gasteiger partial charge in [0.1, 0.15) is 11.6 Å². The van der Waals surface area contributed by atoms with E-state index < -0.39 is 29.6 Å². The molecule has 7 heteroatoms. The lowest BCUT2D eigenvalue weighted by Gasteiger charge is -2.40. The maximum Gasteiger partial charge on any atom is 0.246 e. The molecule has 39 heavy (non-hydrogen) atoms. The Morgan fingerprint density at radius 2 is 1.67 bits per heavy atom. The minimum atomic E-state index is -1.09. The molecule has 6 rings (SSSR count). The summed E-state index contributed by atoms with van der Waals surface area (Å²) in [5.41, 5.74) is 0.818. The summed E-state index contributed by atoms with van der Waals surface area (Å²) in [6.07, 6.45) is 12.7. The summed E-state index contributed by atoms with van der Waals surface area (Å²) in [6, 6.07) is 7.26. The van der Waals surface area contributed by atoms with Crippen LogP contribution in [0.25, 0.3) is 0 Å². The fraction of sp³-hybridized carbons (Fsp3) is 0.656. The van der Waals surface area contributed by atoms with E-state index in [9.17, 15) is 14.4 Å². The van der Waals surface area contributed by atoms with Gasteiger partial charge in [0.15, 0.2) is 0 Å². The van der Waals surface area contributed by atoms with Gasteiger partial charge in [-0.25, -0.2) is 0 Å². The Hall–Kier alpha value is -2.67. The second-order valence-electron chi connectivity index (χ2n) is 12.9. The second kappa shape index (κ2) is 10.4. The van der Waals surface area contributed by atoms with Crippen molar-refractivity contribution < 1.29 is 19.1 Å². The molecule has 2 saturated carbocycles. The average Bonchev–Trinajstić information content (AvgIpc) is 3.58. The van der Waals surface area contributed by atoms with E-state index in [1.165, 1.54) is 12.0 Å². The van der Waals surface area contributed by atoms with Crippen LogP contribution in [0.15, 0.2) is 36.4 Å². The molecule has 7 nitrogen and oxygen atoms in total. The lowest BCUT2D eigenvalue weighted by Crippen LogP contribution is -2.59. The molecule has 3 aliphatic heterocycles. The molecule has 7 atom stereocenters. The Balaban J connectivity index is 1.29. The molecule has 1 aromatic rings. The van der Waals surface area contributed by atoms with Gasteiger partial charge in [0.2, 0.25) is 17.7 Å². The van der Waals surface area contributed by atoms with Crippen molar-refractivity contribution in [1.29, 1.82) is 0 Å². The number of nitrogens with zero attached hydrogens (tertiary/aromatic N) is 1. The van der Waals surface area contributed by atoms with Gasteiger partial charge in [0, 0.05) is 17.8 Å². The van der Waals surface area contributed by atoms with Crippen molar-refractivity contribution >= 4 is 23.4 Å². The summed E-state index contributed by atoms with van der Waals surface area (Å²) in [7, 11) is 0. The predicted octanol–water partition coefficient (Wildman–Crippen LogP) is 4.93. The Morgan fingerprint density at radius 1 is 0.974 bits per heavy atom. The number of anilines is 1. The van der Waals surface area contributed by atoms with Gasteiger partial charge in [-0.05, 0) is 55.2 Å².